The van der Waals surface area contributed by atoms with Crippen LogP contribution in [0.1, 0.15) is 51.1 Å². The zero-order valence-corrected chi connectivity index (χ0v) is 20.7. The molecule has 0 fully saturated rings. The highest BCUT2D eigenvalue weighted by molar-refractivity contribution is 6.21. The van der Waals surface area contributed by atoms with E-state index in [1.54, 1.807) is 25.2 Å². The second-order valence-corrected chi connectivity index (χ2v) is 8.79. The number of benzene rings is 3. The predicted molar refractivity (Wildman–Crippen MR) is 139 cm³/mol. The van der Waals surface area contributed by atoms with Crippen molar-refractivity contribution in [2.75, 3.05) is 19.0 Å². The van der Waals surface area contributed by atoms with Gasteiger partial charge in [0.05, 0.1) is 30.7 Å². The maximum atomic E-state index is 12.9. The first-order valence-corrected chi connectivity index (χ1v) is 12.2. The first-order chi connectivity index (χ1) is 17.9. The third-order valence-corrected chi connectivity index (χ3v) is 6.05. The minimum absolute atomic E-state index is 0.0110. The lowest BCUT2D eigenvalue weighted by molar-refractivity contribution is -0.120. The molecule has 0 aliphatic carbocycles. The van der Waals surface area contributed by atoms with Crippen molar-refractivity contribution >= 4 is 29.3 Å². The van der Waals surface area contributed by atoms with E-state index in [9.17, 15) is 19.2 Å². The van der Waals surface area contributed by atoms with Crippen molar-refractivity contribution < 1.29 is 23.9 Å². The lowest BCUT2D eigenvalue weighted by Gasteiger charge is -2.13. The predicted octanol–water partition coefficient (Wildman–Crippen LogP) is 3.96. The molecular formula is C29H29N3O5. The maximum absolute atomic E-state index is 12.9. The molecule has 4 amide bonds. The number of carbonyl (C=O) groups excluding carboxylic acids is 4. The Labute approximate surface area is 215 Å². The first-order valence-electron chi connectivity index (χ1n) is 12.2. The van der Waals surface area contributed by atoms with E-state index in [1.807, 2.05) is 54.6 Å². The van der Waals surface area contributed by atoms with E-state index in [1.165, 1.54) is 4.90 Å². The largest absolute Gasteiger partial charge is 0.494 e. The fourth-order valence-electron chi connectivity index (χ4n) is 4.12. The molecule has 0 atom stereocenters. The van der Waals surface area contributed by atoms with Gasteiger partial charge >= 0.3 is 0 Å². The molecule has 37 heavy (non-hydrogen) atoms. The zero-order valence-electron chi connectivity index (χ0n) is 20.7. The molecule has 0 saturated heterocycles. The molecule has 1 aliphatic heterocycles. The zero-order chi connectivity index (χ0) is 26.2. The number of amides is 4. The molecule has 2 N–H and O–H groups in total. The molecule has 3 aromatic rings. The van der Waals surface area contributed by atoms with Gasteiger partial charge in [0.25, 0.3) is 11.8 Å². The van der Waals surface area contributed by atoms with Gasteiger partial charge in [-0.25, -0.2) is 0 Å². The molecule has 1 heterocycles. The van der Waals surface area contributed by atoms with Gasteiger partial charge in [-0.05, 0) is 54.3 Å². The Morgan fingerprint density at radius 3 is 2.35 bits per heavy atom. The lowest BCUT2D eigenvalue weighted by atomic mass is 10.1. The number of imide groups is 1. The van der Waals surface area contributed by atoms with Crippen molar-refractivity contribution in [2.45, 2.75) is 32.2 Å². The van der Waals surface area contributed by atoms with E-state index in [0.717, 1.165) is 24.0 Å². The molecule has 190 valence electrons. The van der Waals surface area contributed by atoms with Gasteiger partial charge in [-0.3, -0.25) is 24.1 Å². The monoisotopic (exact) mass is 499 g/mol. The van der Waals surface area contributed by atoms with Crippen LogP contribution in [-0.2, 0) is 22.6 Å². The summed E-state index contributed by atoms with van der Waals surface area (Å²) in [5.41, 5.74) is 2.71. The molecule has 1 aliphatic rings. The van der Waals surface area contributed by atoms with E-state index >= 15 is 0 Å². The SMILES string of the molecule is CNC(=O)CCCCOc1cccc(CC(=O)Nc2ccc3c(c2)C(=O)N(Cc2ccccc2)C3=O)c1. The van der Waals surface area contributed by atoms with Crippen molar-refractivity contribution in [2.24, 2.45) is 0 Å². The summed E-state index contributed by atoms with van der Waals surface area (Å²) in [6, 6.07) is 21.4. The van der Waals surface area contributed by atoms with Gasteiger partial charge in [0.2, 0.25) is 11.8 Å². The highest BCUT2D eigenvalue weighted by atomic mass is 16.5. The number of unbranched alkanes of at least 4 members (excludes halogenated alkanes) is 1. The second-order valence-electron chi connectivity index (χ2n) is 8.79. The van der Waals surface area contributed by atoms with Gasteiger partial charge in [-0.2, -0.15) is 0 Å². The molecule has 0 saturated carbocycles. The number of hydrogen-bond acceptors (Lipinski definition) is 5. The van der Waals surface area contributed by atoms with E-state index in [0.29, 0.717) is 30.0 Å². The lowest BCUT2D eigenvalue weighted by Crippen LogP contribution is -2.29. The van der Waals surface area contributed by atoms with Gasteiger partial charge in [0, 0.05) is 19.2 Å². The standard InChI is InChI=1S/C29H29N3O5/c1-30-26(33)12-5-6-15-37-23-11-7-10-21(16-23)17-27(34)31-22-13-14-24-25(18-22)29(36)32(28(24)35)19-20-8-3-2-4-9-20/h2-4,7-11,13-14,16,18H,5-6,12,15,17,19H2,1H3,(H,30,33)(H,31,34). The van der Waals surface area contributed by atoms with Crippen molar-refractivity contribution in [3.05, 3.63) is 95.1 Å². The van der Waals surface area contributed by atoms with Crippen LogP contribution in [0.5, 0.6) is 5.75 Å². The summed E-state index contributed by atoms with van der Waals surface area (Å²) in [7, 11) is 1.62. The smallest absolute Gasteiger partial charge is 0.261 e. The maximum Gasteiger partial charge on any atom is 0.261 e. The molecule has 8 nitrogen and oxygen atoms in total. The molecule has 3 aromatic carbocycles. The van der Waals surface area contributed by atoms with Gasteiger partial charge in [-0.15, -0.1) is 0 Å². The van der Waals surface area contributed by atoms with Gasteiger partial charge in [0.1, 0.15) is 5.75 Å². The highest BCUT2D eigenvalue weighted by Gasteiger charge is 2.35. The van der Waals surface area contributed by atoms with Crippen molar-refractivity contribution in [1.29, 1.82) is 0 Å². The van der Waals surface area contributed by atoms with Crippen molar-refractivity contribution in [3.63, 3.8) is 0 Å². The molecular weight excluding hydrogens is 470 g/mol. The first kappa shape index (κ1) is 25.6. The minimum atomic E-state index is -0.375. The van der Waals surface area contributed by atoms with Crippen LogP contribution in [-0.4, -0.2) is 42.2 Å². The summed E-state index contributed by atoms with van der Waals surface area (Å²) < 4.78 is 5.75. The average Bonchev–Trinajstić information content (AvgIpc) is 3.13. The Balaban J connectivity index is 1.32. The Morgan fingerprint density at radius 1 is 0.811 bits per heavy atom. The molecule has 0 aromatic heterocycles. The normalized spacial score (nSPS) is 12.3. The summed E-state index contributed by atoms with van der Waals surface area (Å²) in [5, 5.41) is 5.41. The van der Waals surface area contributed by atoms with Crippen LogP contribution in [0.15, 0.2) is 72.8 Å². The minimum Gasteiger partial charge on any atom is -0.494 e. The Kier molecular flexibility index (Phi) is 8.30. The number of fused-ring (bicyclic) bond motifs is 1. The summed E-state index contributed by atoms with van der Waals surface area (Å²) in [5.74, 6) is -0.296. The van der Waals surface area contributed by atoms with Crippen molar-refractivity contribution in [3.8, 4) is 5.75 Å². The van der Waals surface area contributed by atoms with Crippen LogP contribution in [0.4, 0.5) is 5.69 Å². The second kappa shape index (κ2) is 12.0. The van der Waals surface area contributed by atoms with Crippen LogP contribution < -0.4 is 15.4 Å². The third-order valence-electron chi connectivity index (χ3n) is 6.05. The summed E-state index contributed by atoms with van der Waals surface area (Å²) in [4.78, 5) is 50.8. The summed E-state index contributed by atoms with van der Waals surface area (Å²) in [6.07, 6.45) is 2.08. The number of hydrogen-bond donors (Lipinski definition) is 2. The molecule has 8 heteroatoms. The topological polar surface area (TPSA) is 105 Å². The van der Waals surface area contributed by atoms with Crippen LogP contribution in [0.25, 0.3) is 0 Å². The van der Waals surface area contributed by atoms with E-state index in [4.69, 9.17) is 4.74 Å². The summed E-state index contributed by atoms with van der Waals surface area (Å²) >= 11 is 0. The van der Waals surface area contributed by atoms with E-state index < -0.39 is 0 Å². The summed E-state index contributed by atoms with van der Waals surface area (Å²) in [6.45, 7) is 0.678. The molecule has 0 radical (unpaired) electrons. The fraction of sp³-hybridized carbons (Fsp3) is 0.241. The number of nitrogens with one attached hydrogen (secondary N) is 2. The van der Waals surface area contributed by atoms with Gasteiger partial charge in [0.15, 0.2) is 0 Å². The van der Waals surface area contributed by atoms with Crippen LogP contribution >= 0.6 is 0 Å². The number of anilines is 1. The number of carbonyl (C=O) groups is 4. The molecule has 0 bridgehead atoms. The highest BCUT2D eigenvalue weighted by Crippen LogP contribution is 2.27. The molecule has 0 unspecified atom stereocenters. The Bertz CT molecular complexity index is 1310. The van der Waals surface area contributed by atoms with E-state index in [2.05, 4.69) is 10.6 Å². The quantitative estimate of drug-likeness (QED) is 0.307. The van der Waals surface area contributed by atoms with Crippen LogP contribution in [0.3, 0.4) is 0 Å². The van der Waals surface area contributed by atoms with Gasteiger partial charge < -0.3 is 15.4 Å². The number of ether oxygens (including phenoxy) is 1. The van der Waals surface area contributed by atoms with Crippen molar-refractivity contribution in [1.82, 2.24) is 10.2 Å². The number of rotatable bonds is 11. The molecule has 0 spiro atoms. The fourth-order valence-corrected chi connectivity index (χ4v) is 4.12. The molecule has 4 rings (SSSR count). The van der Waals surface area contributed by atoms with Gasteiger partial charge in [-0.1, -0.05) is 42.5 Å². The van der Waals surface area contributed by atoms with Crippen LogP contribution in [0, 0.1) is 0 Å². The third kappa shape index (κ3) is 6.61. The Hall–Kier alpha value is -4.46. The average molecular weight is 500 g/mol. The number of nitrogens with zero attached hydrogens (tertiary/aromatic N) is 1. The van der Waals surface area contributed by atoms with E-state index in [-0.39, 0.29) is 42.2 Å². The Morgan fingerprint density at radius 2 is 1.57 bits per heavy atom. The van der Waals surface area contributed by atoms with Crippen LogP contribution in [0.2, 0.25) is 0 Å².